The summed E-state index contributed by atoms with van der Waals surface area (Å²) in [6, 6.07) is 1.64. The van der Waals surface area contributed by atoms with Crippen molar-refractivity contribution >= 4 is 29.1 Å². The van der Waals surface area contributed by atoms with Crippen LogP contribution in [0.2, 0.25) is 5.02 Å². The third kappa shape index (κ3) is 1.86. The van der Waals surface area contributed by atoms with Gasteiger partial charge in [-0.1, -0.05) is 11.6 Å². The molecular weight excluding hydrogens is 230 g/mol. The monoisotopic (exact) mass is 239 g/mol. The van der Waals surface area contributed by atoms with Crippen LogP contribution in [0.15, 0.2) is 18.5 Å². The van der Waals surface area contributed by atoms with Crippen LogP contribution in [-0.4, -0.2) is 23.3 Å². The lowest BCUT2D eigenvalue weighted by molar-refractivity contribution is -0.123. The number of pyridine rings is 1. The van der Waals surface area contributed by atoms with Gasteiger partial charge in [0.15, 0.2) is 0 Å². The van der Waals surface area contributed by atoms with Gasteiger partial charge in [-0.3, -0.25) is 14.6 Å². The van der Waals surface area contributed by atoms with Gasteiger partial charge in [-0.05, 0) is 6.07 Å². The minimum atomic E-state index is -0.457. The number of amides is 2. The molecule has 0 aliphatic carbocycles. The minimum absolute atomic E-state index is 0.142. The van der Waals surface area contributed by atoms with Gasteiger partial charge >= 0.3 is 0 Å². The summed E-state index contributed by atoms with van der Waals surface area (Å²) < 4.78 is 0. The SMILES string of the molecule is NC(=O)C1CC(=O)N(c2ccncc2Cl)C1. The van der Waals surface area contributed by atoms with Crippen LogP contribution >= 0.6 is 11.6 Å². The molecule has 0 bridgehead atoms. The predicted octanol–water partition coefficient (Wildman–Crippen LogP) is 0.573. The van der Waals surface area contributed by atoms with Crippen LogP contribution in [0.1, 0.15) is 6.42 Å². The summed E-state index contributed by atoms with van der Waals surface area (Å²) >= 11 is 5.92. The van der Waals surface area contributed by atoms with Crippen LogP contribution in [0.3, 0.4) is 0 Å². The predicted molar refractivity (Wildman–Crippen MR) is 58.9 cm³/mol. The summed E-state index contributed by atoms with van der Waals surface area (Å²) in [5, 5.41) is 0.390. The molecule has 16 heavy (non-hydrogen) atoms. The average molecular weight is 240 g/mol. The molecule has 0 saturated carbocycles. The first kappa shape index (κ1) is 10.9. The molecule has 1 atom stereocenters. The average Bonchev–Trinajstić information content (AvgIpc) is 2.61. The smallest absolute Gasteiger partial charge is 0.227 e. The van der Waals surface area contributed by atoms with Crippen LogP contribution in [0.25, 0.3) is 0 Å². The summed E-state index contributed by atoms with van der Waals surface area (Å²) in [4.78, 5) is 28.0. The highest BCUT2D eigenvalue weighted by molar-refractivity contribution is 6.33. The highest BCUT2D eigenvalue weighted by atomic mass is 35.5. The summed E-state index contributed by atoms with van der Waals surface area (Å²) in [6.45, 7) is 0.290. The van der Waals surface area contributed by atoms with Gasteiger partial charge in [-0.2, -0.15) is 0 Å². The van der Waals surface area contributed by atoms with Crippen molar-refractivity contribution in [2.45, 2.75) is 6.42 Å². The standard InChI is InChI=1S/C10H10ClN3O2/c11-7-4-13-2-1-8(7)14-5-6(10(12)16)3-9(14)15/h1-2,4,6H,3,5H2,(H2,12,16). The van der Waals surface area contributed by atoms with Gasteiger partial charge in [0, 0.05) is 25.4 Å². The molecule has 2 rings (SSSR count). The zero-order valence-electron chi connectivity index (χ0n) is 8.39. The number of aromatic nitrogens is 1. The van der Waals surface area contributed by atoms with E-state index in [2.05, 4.69) is 4.98 Å². The Morgan fingerprint density at radius 3 is 2.94 bits per heavy atom. The van der Waals surface area contributed by atoms with E-state index in [0.29, 0.717) is 10.7 Å². The zero-order chi connectivity index (χ0) is 11.7. The van der Waals surface area contributed by atoms with Crippen molar-refractivity contribution in [1.82, 2.24) is 4.98 Å². The second-order valence-corrected chi connectivity index (χ2v) is 4.04. The van der Waals surface area contributed by atoms with E-state index < -0.39 is 11.8 Å². The molecule has 0 radical (unpaired) electrons. The molecule has 0 aromatic carbocycles. The summed E-state index contributed by atoms with van der Waals surface area (Å²) in [7, 11) is 0. The molecule has 2 heterocycles. The lowest BCUT2D eigenvalue weighted by atomic mass is 10.1. The number of hydrogen-bond donors (Lipinski definition) is 1. The Morgan fingerprint density at radius 1 is 1.62 bits per heavy atom. The number of carbonyl (C=O) groups excluding carboxylic acids is 2. The fraction of sp³-hybridized carbons (Fsp3) is 0.300. The van der Waals surface area contributed by atoms with Gasteiger partial charge < -0.3 is 10.6 Å². The van der Waals surface area contributed by atoms with Crippen LogP contribution in [0, 0.1) is 5.92 Å². The molecule has 6 heteroatoms. The summed E-state index contributed by atoms with van der Waals surface area (Å²) in [6.07, 6.45) is 3.15. The Labute approximate surface area is 97.2 Å². The Bertz CT molecular complexity index is 449. The maximum absolute atomic E-state index is 11.7. The number of nitrogens with zero attached hydrogens (tertiary/aromatic N) is 2. The second kappa shape index (κ2) is 4.09. The van der Waals surface area contributed by atoms with E-state index in [9.17, 15) is 9.59 Å². The Hall–Kier alpha value is -1.62. The summed E-state index contributed by atoms with van der Waals surface area (Å²) in [5.74, 6) is -1.03. The number of nitrogens with two attached hydrogens (primary N) is 1. The summed E-state index contributed by atoms with van der Waals surface area (Å²) in [5.41, 5.74) is 5.75. The lowest BCUT2D eigenvalue weighted by Gasteiger charge is -2.17. The molecule has 1 aromatic rings. The van der Waals surface area contributed by atoms with E-state index in [-0.39, 0.29) is 18.9 Å². The van der Waals surface area contributed by atoms with E-state index >= 15 is 0 Å². The fourth-order valence-corrected chi connectivity index (χ4v) is 1.94. The Kier molecular flexibility index (Phi) is 2.78. The minimum Gasteiger partial charge on any atom is -0.369 e. The van der Waals surface area contributed by atoms with Crippen molar-refractivity contribution in [1.29, 1.82) is 0 Å². The number of primary amides is 1. The van der Waals surface area contributed by atoms with Gasteiger partial charge in [0.2, 0.25) is 11.8 Å². The molecule has 1 fully saturated rings. The number of rotatable bonds is 2. The molecule has 1 aliphatic rings. The Morgan fingerprint density at radius 2 is 2.38 bits per heavy atom. The van der Waals surface area contributed by atoms with Gasteiger partial charge in [0.05, 0.1) is 16.6 Å². The van der Waals surface area contributed by atoms with Crippen molar-refractivity contribution in [2.75, 3.05) is 11.4 Å². The van der Waals surface area contributed by atoms with Gasteiger partial charge in [0.1, 0.15) is 0 Å². The van der Waals surface area contributed by atoms with Crippen LogP contribution in [0.4, 0.5) is 5.69 Å². The van der Waals surface area contributed by atoms with E-state index in [1.165, 1.54) is 11.1 Å². The molecule has 2 N–H and O–H groups in total. The maximum atomic E-state index is 11.7. The quantitative estimate of drug-likeness (QED) is 0.820. The van der Waals surface area contributed by atoms with Gasteiger partial charge in [-0.25, -0.2) is 0 Å². The number of hydrogen-bond acceptors (Lipinski definition) is 3. The molecular formula is C10H10ClN3O2. The Balaban J connectivity index is 2.27. The first-order valence-corrected chi connectivity index (χ1v) is 5.16. The molecule has 2 amide bonds. The normalized spacial score (nSPS) is 20.2. The van der Waals surface area contributed by atoms with Gasteiger partial charge in [-0.15, -0.1) is 0 Å². The highest BCUT2D eigenvalue weighted by Gasteiger charge is 2.34. The van der Waals surface area contributed by atoms with E-state index in [1.807, 2.05) is 0 Å². The molecule has 1 unspecified atom stereocenters. The van der Waals surface area contributed by atoms with Crippen LogP contribution in [-0.2, 0) is 9.59 Å². The third-order valence-electron chi connectivity index (χ3n) is 2.57. The highest BCUT2D eigenvalue weighted by Crippen LogP contribution is 2.30. The first-order valence-electron chi connectivity index (χ1n) is 4.79. The molecule has 1 saturated heterocycles. The first-order chi connectivity index (χ1) is 7.59. The number of halogens is 1. The fourth-order valence-electron chi connectivity index (χ4n) is 1.72. The van der Waals surface area contributed by atoms with Crippen molar-refractivity contribution in [3.05, 3.63) is 23.5 Å². The molecule has 1 aromatic heterocycles. The zero-order valence-corrected chi connectivity index (χ0v) is 9.15. The second-order valence-electron chi connectivity index (χ2n) is 3.63. The van der Waals surface area contributed by atoms with Crippen molar-refractivity contribution in [3.63, 3.8) is 0 Å². The van der Waals surface area contributed by atoms with Crippen molar-refractivity contribution in [3.8, 4) is 0 Å². The number of carbonyl (C=O) groups is 2. The lowest BCUT2D eigenvalue weighted by Crippen LogP contribution is -2.28. The van der Waals surface area contributed by atoms with Gasteiger partial charge in [0.25, 0.3) is 0 Å². The molecule has 1 aliphatic heterocycles. The molecule has 5 nitrogen and oxygen atoms in total. The molecule has 84 valence electrons. The topological polar surface area (TPSA) is 76.3 Å². The van der Waals surface area contributed by atoms with Crippen LogP contribution < -0.4 is 10.6 Å². The largest absolute Gasteiger partial charge is 0.369 e. The third-order valence-corrected chi connectivity index (χ3v) is 2.86. The molecule has 0 spiro atoms. The van der Waals surface area contributed by atoms with E-state index in [1.54, 1.807) is 12.3 Å². The van der Waals surface area contributed by atoms with Crippen LogP contribution in [0.5, 0.6) is 0 Å². The van der Waals surface area contributed by atoms with E-state index in [4.69, 9.17) is 17.3 Å². The van der Waals surface area contributed by atoms with Crippen molar-refractivity contribution < 1.29 is 9.59 Å². The van der Waals surface area contributed by atoms with Crippen molar-refractivity contribution in [2.24, 2.45) is 11.7 Å². The maximum Gasteiger partial charge on any atom is 0.227 e. The van der Waals surface area contributed by atoms with E-state index in [0.717, 1.165) is 0 Å². The number of anilines is 1.